The molecular formula is C20H13ClN4O4S. The summed E-state index contributed by atoms with van der Waals surface area (Å²) in [6.07, 6.45) is 3.09. The number of thioether (sulfide) groups is 1. The highest BCUT2D eigenvalue weighted by atomic mass is 35.5. The van der Waals surface area contributed by atoms with Gasteiger partial charge in [0.1, 0.15) is 12.1 Å². The van der Waals surface area contributed by atoms with E-state index in [2.05, 4.69) is 20.3 Å². The number of fused-ring (bicyclic) bond motifs is 1. The molecule has 2 heterocycles. The van der Waals surface area contributed by atoms with Crippen LogP contribution in [-0.4, -0.2) is 38.8 Å². The maximum atomic E-state index is 12.6. The van der Waals surface area contributed by atoms with Gasteiger partial charge in [-0.15, -0.1) is 0 Å². The third-order valence-electron chi connectivity index (χ3n) is 4.11. The standard InChI is InChI=1S/C20H13ClN4O4S/c21-13(9-12-5-2-1-3-6-12)10-16-19(27)25(20(28)30-16)11-17(26)22-14-7-4-8-15-18(14)24-29-23-15/h1-10H,11H2,(H,22,26)/b13-9-,16-10-. The summed E-state index contributed by atoms with van der Waals surface area (Å²) < 4.78 is 4.65. The van der Waals surface area contributed by atoms with Crippen molar-refractivity contribution in [2.45, 2.75) is 0 Å². The van der Waals surface area contributed by atoms with Crippen molar-refractivity contribution >= 4 is 63.2 Å². The lowest BCUT2D eigenvalue weighted by molar-refractivity contribution is -0.127. The molecule has 1 saturated heterocycles. The van der Waals surface area contributed by atoms with E-state index in [4.69, 9.17) is 11.6 Å². The summed E-state index contributed by atoms with van der Waals surface area (Å²) in [4.78, 5) is 38.2. The number of benzene rings is 2. The Labute approximate surface area is 179 Å². The van der Waals surface area contributed by atoms with Crippen LogP contribution in [0, 0.1) is 0 Å². The number of hydrogen-bond acceptors (Lipinski definition) is 7. The highest BCUT2D eigenvalue weighted by molar-refractivity contribution is 8.18. The average molecular weight is 441 g/mol. The number of amides is 3. The van der Waals surface area contributed by atoms with Crippen molar-refractivity contribution in [1.82, 2.24) is 15.2 Å². The molecule has 0 aliphatic carbocycles. The normalized spacial score (nSPS) is 16.0. The molecule has 1 N–H and O–H groups in total. The molecule has 0 unspecified atom stereocenters. The van der Waals surface area contributed by atoms with Crippen LogP contribution in [0.4, 0.5) is 10.5 Å². The fourth-order valence-electron chi connectivity index (χ4n) is 2.75. The van der Waals surface area contributed by atoms with Gasteiger partial charge in [-0.3, -0.25) is 19.3 Å². The molecule has 3 aromatic rings. The van der Waals surface area contributed by atoms with Crippen molar-refractivity contribution in [3.8, 4) is 0 Å². The lowest BCUT2D eigenvalue weighted by Crippen LogP contribution is -2.36. The third kappa shape index (κ3) is 4.27. The smallest absolute Gasteiger partial charge is 0.294 e. The lowest BCUT2D eigenvalue weighted by atomic mass is 10.2. The third-order valence-corrected chi connectivity index (χ3v) is 5.23. The Morgan fingerprint density at radius 2 is 1.93 bits per heavy atom. The van der Waals surface area contributed by atoms with E-state index < -0.39 is 23.6 Å². The number of carbonyl (C=O) groups is 3. The van der Waals surface area contributed by atoms with Gasteiger partial charge in [0, 0.05) is 5.03 Å². The molecule has 0 radical (unpaired) electrons. The minimum Gasteiger partial charge on any atom is -0.322 e. The second kappa shape index (κ2) is 8.52. The van der Waals surface area contributed by atoms with Crippen molar-refractivity contribution in [3.63, 3.8) is 0 Å². The molecule has 1 aromatic heterocycles. The Morgan fingerprint density at radius 1 is 1.13 bits per heavy atom. The largest absolute Gasteiger partial charge is 0.322 e. The molecule has 2 aromatic carbocycles. The summed E-state index contributed by atoms with van der Waals surface area (Å²) in [7, 11) is 0. The van der Waals surface area contributed by atoms with E-state index in [1.165, 1.54) is 6.08 Å². The van der Waals surface area contributed by atoms with E-state index in [1.54, 1.807) is 24.3 Å². The molecule has 4 rings (SSSR count). The van der Waals surface area contributed by atoms with Crippen LogP contribution in [0.25, 0.3) is 17.1 Å². The molecule has 1 fully saturated rings. The summed E-state index contributed by atoms with van der Waals surface area (Å²) in [6.45, 7) is -0.441. The van der Waals surface area contributed by atoms with E-state index in [9.17, 15) is 14.4 Å². The number of allylic oxidation sites excluding steroid dienone is 2. The molecule has 0 atom stereocenters. The molecule has 1 aliphatic rings. The van der Waals surface area contributed by atoms with E-state index >= 15 is 0 Å². The number of nitrogens with one attached hydrogen (secondary N) is 1. The van der Waals surface area contributed by atoms with Gasteiger partial charge in [-0.05, 0) is 51.9 Å². The second-order valence-electron chi connectivity index (χ2n) is 6.19. The van der Waals surface area contributed by atoms with Gasteiger partial charge in [-0.2, -0.15) is 0 Å². The van der Waals surface area contributed by atoms with Crippen LogP contribution in [0.2, 0.25) is 0 Å². The van der Waals surface area contributed by atoms with Crippen molar-refractivity contribution in [2.24, 2.45) is 0 Å². The Balaban J connectivity index is 1.45. The predicted molar refractivity (Wildman–Crippen MR) is 113 cm³/mol. The first-order valence-electron chi connectivity index (χ1n) is 8.70. The summed E-state index contributed by atoms with van der Waals surface area (Å²) in [5, 5.41) is 9.78. The van der Waals surface area contributed by atoms with Crippen LogP contribution in [0.15, 0.2) is 69.2 Å². The molecule has 1 aliphatic heterocycles. The molecule has 150 valence electrons. The molecule has 0 spiro atoms. The van der Waals surface area contributed by atoms with Crippen LogP contribution in [0.1, 0.15) is 5.56 Å². The fourth-order valence-corrected chi connectivity index (χ4v) is 3.88. The first kappa shape index (κ1) is 19.9. The number of halogens is 1. The Bertz CT molecular complexity index is 1210. The number of nitrogens with zero attached hydrogens (tertiary/aromatic N) is 3. The van der Waals surface area contributed by atoms with Gasteiger partial charge in [0.2, 0.25) is 5.91 Å². The van der Waals surface area contributed by atoms with Gasteiger partial charge in [0.25, 0.3) is 11.1 Å². The Morgan fingerprint density at radius 3 is 2.73 bits per heavy atom. The van der Waals surface area contributed by atoms with Crippen molar-refractivity contribution in [2.75, 3.05) is 11.9 Å². The van der Waals surface area contributed by atoms with Crippen molar-refractivity contribution in [1.29, 1.82) is 0 Å². The second-order valence-corrected chi connectivity index (χ2v) is 7.62. The van der Waals surface area contributed by atoms with Gasteiger partial charge in [-0.1, -0.05) is 48.0 Å². The van der Waals surface area contributed by atoms with Crippen LogP contribution in [0.3, 0.4) is 0 Å². The number of anilines is 1. The van der Waals surface area contributed by atoms with E-state index in [-0.39, 0.29) is 4.91 Å². The topological polar surface area (TPSA) is 105 Å². The number of hydrogen-bond donors (Lipinski definition) is 1. The molecule has 8 nitrogen and oxygen atoms in total. The zero-order valence-corrected chi connectivity index (χ0v) is 16.8. The minimum atomic E-state index is -0.582. The first-order valence-corrected chi connectivity index (χ1v) is 9.89. The van der Waals surface area contributed by atoms with Crippen LogP contribution >= 0.6 is 23.4 Å². The fraction of sp³-hybridized carbons (Fsp3) is 0.0500. The summed E-state index contributed by atoms with van der Waals surface area (Å²) in [5.41, 5.74) is 2.07. The van der Waals surface area contributed by atoms with Gasteiger partial charge in [-0.25, -0.2) is 4.63 Å². The number of carbonyl (C=O) groups excluding carboxylic acids is 3. The SMILES string of the molecule is O=C(CN1C(=O)S/C(=C\C(Cl)=C\c2ccccc2)C1=O)Nc1cccc2nonc12. The average Bonchev–Trinajstić information content (AvgIpc) is 3.30. The van der Waals surface area contributed by atoms with E-state index in [0.29, 0.717) is 21.8 Å². The first-order chi connectivity index (χ1) is 14.5. The molecule has 0 bridgehead atoms. The number of imide groups is 1. The lowest BCUT2D eigenvalue weighted by Gasteiger charge is -2.12. The van der Waals surface area contributed by atoms with Crippen molar-refractivity contribution < 1.29 is 19.0 Å². The minimum absolute atomic E-state index is 0.146. The maximum absolute atomic E-state index is 12.6. The van der Waals surface area contributed by atoms with Crippen LogP contribution < -0.4 is 5.32 Å². The highest BCUT2D eigenvalue weighted by Gasteiger charge is 2.36. The number of aromatic nitrogens is 2. The molecule has 3 amide bonds. The van der Waals surface area contributed by atoms with Crippen molar-refractivity contribution in [3.05, 3.63) is 70.1 Å². The number of rotatable bonds is 5. The van der Waals surface area contributed by atoms with Gasteiger partial charge in [0.15, 0.2) is 5.52 Å². The summed E-state index contributed by atoms with van der Waals surface area (Å²) in [6, 6.07) is 14.3. The Kier molecular flexibility index (Phi) is 5.64. The van der Waals surface area contributed by atoms with Gasteiger partial charge < -0.3 is 5.32 Å². The molecular weight excluding hydrogens is 428 g/mol. The van der Waals surface area contributed by atoms with Gasteiger partial charge >= 0.3 is 0 Å². The maximum Gasteiger partial charge on any atom is 0.294 e. The van der Waals surface area contributed by atoms with Crippen LogP contribution in [-0.2, 0) is 9.59 Å². The molecule has 0 saturated carbocycles. The predicted octanol–water partition coefficient (Wildman–Crippen LogP) is 4.02. The summed E-state index contributed by atoms with van der Waals surface area (Å²) in [5.74, 6) is -1.14. The zero-order valence-electron chi connectivity index (χ0n) is 15.2. The summed E-state index contributed by atoms with van der Waals surface area (Å²) >= 11 is 6.93. The van der Waals surface area contributed by atoms with E-state index in [0.717, 1.165) is 22.2 Å². The van der Waals surface area contributed by atoms with Gasteiger partial charge in [0.05, 0.1) is 10.6 Å². The van der Waals surface area contributed by atoms with E-state index in [1.807, 2.05) is 30.3 Å². The quantitative estimate of drug-likeness (QED) is 0.597. The monoisotopic (exact) mass is 440 g/mol. The zero-order chi connectivity index (χ0) is 21.1. The Hall–Kier alpha value is -3.43. The van der Waals surface area contributed by atoms with Crippen LogP contribution in [0.5, 0.6) is 0 Å². The molecule has 30 heavy (non-hydrogen) atoms. The molecule has 10 heteroatoms. The highest BCUT2D eigenvalue weighted by Crippen LogP contribution is 2.32.